The smallest absolute Gasteiger partial charge is 0.230 e. The fourth-order valence-corrected chi connectivity index (χ4v) is 5.81. The summed E-state index contributed by atoms with van der Waals surface area (Å²) in [6.45, 7) is 1.52. The number of fused-ring (bicyclic) bond motifs is 1. The number of likely N-dealkylation sites (tertiary alicyclic amines) is 1. The van der Waals surface area contributed by atoms with Gasteiger partial charge >= 0.3 is 0 Å². The highest BCUT2D eigenvalue weighted by atomic mass is 32.1. The van der Waals surface area contributed by atoms with E-state index in [4.69, 9.17) is 14.2 Å². The van der Waals surface area contributed by atoms with E-state index in [0.717, 1.165) is 10.4 Å². The summed E-state index contributed by atoms with van der Waals surface area (Å²) in [5, 5.41) is 5.03. The minimum absolute atomic E-state index is 0.00490. The molecule has 3 aliphatic heterocycles. The molecule has 1 N–H and O–H groups in total. The zero-order valence-corrected chi connectivity index (χ0v) is 18.9. The van der Waals surface area contributed by atoms with Gasteiger partial charge in [-0.05, 0) is 35.6 Å². The number of thiophene rings is 1. The normalized spacial score (nSPS) is 27.6. The minimum Gasteiger partial charge on any atom is -0.493 e. The maximum absolute atomic E-state index is 13.2. The molecule has 5 rings (SSSR count). The first-order valence-corrected chi connectivity index (χ1v) is 11.6. The number of methoxy groups -OCH3 is 2. The van der Waals surface area contributed by atoms with E-state index in [1.807, 2.05) is 52.8 Å². The average molecular weight is 455 g/mol. The highest BCUT2D eigenvalue weighted by Crippen LogP contribution is 2.52. The second-order valence-corrected chi connectivity index (χ2v) is 9.44. The van der Waals surface area contributed by atoms with E-state index in [0.29, 0.717) is 37.6 Å². The molecular formula is C24H26N2O5S. The van der Waals surface area contributed by atoms with Gasteiger partial charge in [0, 0.05) is 11.4 Å². The highest BCUT2D eigenvalue weighted by molar-refractivity contribution is 7.09. The van der Waals surface area contributed by atoms with Crippen LogP contribution in [0.5, 0.6) is 11.5 Å². The maximum Gasteiger partial charge on any atom is 0.230 e. The van der Waals surface area contributed by atoms with Crippen LogP contribution in [0.3, 0.4) is 0 Å². The third-order valence-electron chi connectivity index (χ3n) is 6.57. The standard InChI is InChI=1S/C24H26N2O5S/c1-29-17-6-5-15(12-19(17)30-2)8-10-25-22(27)20-18-7-9-24(31-18)14-26(23(28)21(20)24)13-16-4-3-11-32-16/h3-7,9,11-12,18,20-21H,8,10,13-14H2,1-2H3,(H,25,27)/t18-,20+,21-,24+/m0/s1. The van der Waals surface area contributed by atoms with Gasteiger partial charge in [0.05, 0.1) is 45.2 Å². The third-order valence-corrected chi connectivity index (χ3v) is 7.43. The Bertz CT molecular complexity index is 1050. The van der Waals surface area contributed by atoms with Crippen LogP contribution < -0.4 is 14.8 Å². The Morgan fingerprint density at radius 2 is 2.12 bits per heavy atom. The Morgan fingerprint density at radius 1 is 1.28 bits per heavy atom. The second kappa shape index (κ2) is 8.26. The number of benzene rings is 1. The van der Waals surface area contributed by atoms with Gasteiger partial charge in [-0.3, -0.25) is 9.59 Å². The molecule has 168 valence electrons. The number of nitrogens with one attached hydrogen (secondary N) is 1. The van der Waals surface area contributed by atoms with Crippen LogP contribution in [0.4, 0.5) is 0 Å². The molecule has 4 atom stereocenters. The fraction of sp³-hybridized carbons (Fsp3) is 0.417. The lowest BCUT2D eigenvalue weighted by atomic mass is 9.77. The molecule has 3 aliphatic rings. The van der Waals surface area contributed by atoms with Crippen molar-refractivity contribution in [2.75, 3.05) is 27.3 Å². The van der Waals surface area contributed by atoms with Crippen molar-refractivity contribution in [1.29, 1.82) is 0 Å². The molecule has 1 aromatic heterocycles. The molecule has 0 aliphatic carbocycles. The zero-order chi connectivity index (χ0) is 22.3. The number of hydrogen-bond acceptors (Lipinski definition) is 6. The van der Waals surface area contributed by atoms with Gasteiger partial charge in [0.15, 0.2) is 11.5 Å². The van der Waals surface area contributed by atoms with Crippen molar-refractivity contribution >= 4 is 23.2 Å². The average Bonchev–Trinajstić information content (AvgIpc) is 3.57. The number of hydrogen-bond donors (Lipinski definition) is 1. The van der Waals surface area contributed by atoms with E-state index >= 15 is 0 Å². The summed E-state index contributed by atoms with van der Waals surface area (Å²) < 4.78 is 16.8. The van der Waals surface area contributed by atoms with Gasteiger partial charge in [-0.1, -0.05) is 24.3 Å². The Morgan fingerprint density at radius 3 is 2.88 bits per heavy atom. The van der Waals surface area contributed by atoms with E-state index in [2.05, 4.69) is 5.32 Å². The molecule has 7 nitrogen and oxygen atoms in total. The quantitative estimate of drug-likeness (QED) is 0.620. The largest absolute Gasteiger partial charge is 0.493 e. The van der Waals surface area contributed by atoms with Crippen LogP contribution in [-0.2, 0) is 27.3 Å². The molecule has 32 heavy (non-hydrogen) atoms. The van der Waals surface area contributed by atoms with Crippen molar-refractivity contribution in [2.45, 2.75) is 24.7 Å². The molecule has 2 saturated heterocycles. The molecule has 2 fully saturated rings. The minimum atomic E-state index is -0.676. The summed E-state index contributed by atoms with van der Waals surface area (Å²) in [5.74, 6) is 0.253. The molecule has 1 aromatic carbocycles. The fourth-order valence-electron chi connectivity index (χ4n) is 5.09. The molecule has 4 heterocycles. The van der Waals surface area contributed by atoms with Gasteiger partial charge in [0.1, 0.15) is 5.60 Å². The van der Waals surface area contributed by atoms with Crippen LogP contribution in [0.1, 0.15) is 10.4 Å². The Hall–Kier alpha value is -2.84. The van der Waals surface area contributed by atoms with Gasteiger partial charge in [0.25, 0.3) is 0 Å². The molecular weight excluding hydrogens is 428 g/mol. The maximum atomic E-state index is 13.2. The van der Waals surface area contributed by atoms with Gasteiger partial charge in [-0.2, -0.15) is 0 Å². The number of amides is 2. The molecule has 2 amide bonds. The van der Waals surface area contributed by atoms with Crippen molar-refractivity contribution in [2.24, 2.45) is 11.8 Å². The first-order chi connectivity index (χ1) is 15.5. The summed E-state index contributed by atoms with van der Waals surface area (Å²) in [6, 6.07) is 9.72. The van der Waals surface area contributed by atoms with Crippen molar-refractivity contribution in [3.63, 3.8) is 0 Å². The lowest BCUT2D eigenvalue weighted by molar-refractivity contribution is -0.137. The van der Waals surface area contributed by atoms with E-state index < -0.39 is 17.4 Å². The van der Waals surface area contributed by atoms with Gasteiger partial charge in [-0.25, -0.2) is 0 Å². The van der Waals surface area contributed by atoms with E-state index in [-0.39, 0.29) is 17.9 Å². The molecule has 2 bridgehead atoms. The topological polar surface area (TPSA) is 77.1 Å². The van der Waals surface area contributed by atoms with E-state index in [1.54, 1.807) is 25.6 Å². The van der Waals surface area contributed by atoms with Crippen molar-refractivity contribution in [1.82, 2.24) is 10.2 Å². The van der Waals surface area contributed by atoms with Gasteiger partial charge < -0.3 is 24.4 Å². The molecule has 2 aromatic rings. The highest BCUT2D eigenvalue weighted by Gasteiger charge is 2.66. The second-order valence-electron chi connectivity index (χ2n) is 8.40. The van der Waals surface area contributed by atoms with Gasteiger partial charge in [-0.15, -0.1) is 11.3 Å². The van der Waals surface area contributed by atoms with Crippen LogP contribution in [0.25, 0.3) is 0 Å². The number of ether oxygens (including phenoxy) is 3. The SMILES string of the molecule is COc1ccc(CCNC(=O)[C@@H]2[C@@H]3C=C[C@]4(CN(Cc5cccs5)C(=O)[C@H]24)O3)cc1OC. The molecule has 0 radical (unpaired) electrons. The lowest BCUT2D eigenvalue weighted by Gasteiger charge is -2.23. The van der Waals surface area contributed by atoms with E-state index in [9.17, 15) is 9.59 Å². The number of carbonyl (C=O) groups excluding carboxylic acids is 2. The van der Waals surface area contributed by atoms with Crippen molar-refractivity contribution in [3.05, 3.63) is 58.3 Å². The predicted octanol–water partition coefficient (Wildman–Crippen LogP) is 2.41. The molecule has 8 heteroatoms. The Kier molecular flexibility index (Phi) is 5.43. The summed E-state index contributed by atoms with van der Waals surface area (Å²) in [5.41, 5.74) is 0.354. The summed E-state index contributed by atoms with van der Waals surface area (Å²) in [7, 11) is 3.20. The van der Waals surface area contributed by atoms with Crippen LogP contribution in [0.15, 0.2) is 47.9 Å². The first kappa shape index (κ1) is 21.0. The monoisotopic (exact) mass is 454 g/mol. The van der Waals surface area contributed by atoms with Crippen LogP contribution in [0.2, 0.25) is 0 Å². The van der Waals surface area contributed by atoms with Crippen molar-refractivity contribution in [3.8, 4) is 11.5 Å². The Labute approximate surface area is 191 Å². The van der Waals surface area contributed by atoms with Gasteiger partial charge in [0.2, 0.25) is 11.8 Å². The third kappa shape index (κ3) is 3.47. The number of carbonyl (C=O) groups is 2. The molecule has 1 spiro atoms. The number of nitrogens with zero attached hydrogens (tertiary/aromatic N) is 1. The van der Waals surface area contributed by atoms with Crippen molar-refractivity contribution < 1.29 is 23.8 Å². The zero-order valence-electron chi connectivity index (χ0n) is 18.1. The lowest BCUT2D eigenvalue weighted by Crippen LogP contribution is -2.44. The molecule has 0 saturated carbocycles. The summed E-state index contributed by atoms with van der Waals surface area (Å²) in [6.07, 6.45) is 4.24. The first-order valence-electron chi connectivity index (χ1n) is 10.7. The molecule has 0 unspecified atom stereocenters. The predicted molar refractivity (Wildman–Crippen MR) is 120 cm³/mol. The van der Waals surface area contributed by atoms with Crippen LogP contribution >= 0.6 is 11.3 Å². The van der Waals surface area contributed by atoms with Crippen LogP contribution in [0, 0.1) is 11.8 Å². The number of rotatable bonds is 8. The summed E-state index contributed by atoms with van der Waals surface area (Å²) >= 11 is 1.63. The Balaban J connectivity index is 1.24. The van der Waals surface area contributed by atoms with E-state index in [1.165, 1.54) is 0 Å². The van der Waals surface area contributed by atoms with Crippen LogP contribution in [-0.4, -0.2) is 55.7 Å². The summed E-state index contributed by atoms with van der Waals surface area (Å²) in [4.78, 5) is 29.3.